The van der Waals surface area contributed by atoms with Crippen LogP contribution < -0.4 is 10.1 Å². The molecule has 1 aromatic rings. The second-order valence-corrected chi connectivity index (χ2v) is 6.32. The third-order valence-corrected chi connectivity index (χ3v) is 3.72. The number of carbonyl (C=O) groups is 2. The Kier molecular flexibility index (Phi) is 5.29. The van der Waals surface area contributed by atoms with E-state index in [0.29, 0.717) is 18.1 Å². The number of nitrogens with zero attached hydrogens (tertiary/aromatic N) is 1. The average Bonchev–Trinajstić information content (AvgIpc) is 2.44. The summed E-state index contributed by atoms with van der Waals surface area (Å²) in [5.74, 6) is 0.229. The van der Waals surface area contributed by atoms with Crippen LogP contribution in [0.5, 0.6) is 5.75 Å². The van der Waals surface area contributed by atoms with Crippen molar-refractivity contribution in [3.8, 4) is 5.75 Å². The summed E-state index contributed by atoms with van der Waals surface area (Å²) >= 11 is 5.98. The lowest BCUT2D eigenvalue weighted by Crippen LogP contribution is -2.44. The Morgan fingerprint density at radius 1 is 1.45 bits per heavy atom. The van der Waals surface area contributed by atoms with Crippen molar-refractivity contribution in [3.63, 3.8) is 0 Å². The van der Waals surface area contributed by atoms with Crippen LogP contribution in [-0.2, 0) is 16.0 Å². The first-order chi connectivity index (χ1) is 10.4. The first-order valence-electron chi connectivity index (χ1n) is 7.32. The minimum Gasteiger partial charge on any atom is -0.492 e. The van der Waals surface area contributed by atoms with Crippen LogP contribution in [0.3, 0.4) is 0 Å². The molecule has 0 fully saturated rings. The quantitative estimate of drug-likeness (QED) is 0.920. The van der Waals surface area contributed by atoms with E-state index in [2.05, 4.69) is 5.32 Å². The molecule has 2 rings (SSSR count). The molecule has 1 atom stereocenters. The van der Waals surface area contributed by atoms with Crippen LogP contribution in [0.25, 0.3) is 0 Å². The van der Waals surface area contributed by atoms with E-state index in [4.69, 9.17) is 16.3 Å². The SMILES string of the molecule is CC(C)NC(=O)CN(C)C(=O)[C@H]1COc2ccc(Cl)cc2C1. The van der Waals surface area contributed by atoms with Crippen molar-refractivity contribution < 1.29 is 14.3 Å². The highest BCUT2D eigenvalue weighted by molar-refractivity contribution is 6.30. The zero-order chi connectivity index (χ0) is 16.3. The molecule has 0 unspecified atom stereocenters. The molecule has 120 valence electrons. The Morgan fingerprint density at radius 3 is 2.86 bits per heavy atom. The lowest BCUT2D eigenvalue weighted by molar-refractivity contribution is -0.139. The van der Waals surface area contributed by atoms with E-state index in [-0.39, 0.29) is 30.3 Å². The summed E-state index contributed by atoms with van der Waals surface area (Å²) in [6.07, 6.45) is 0.574. The second-order valence-electron chi connectivity index (χ2n) is 5.88. The van der Waals surface area contributed by atoms with Gasteiger partial charge in [-0.05, 0) is 44.0 Å². The second kappa shape index (κ2) is 7.01. The van der Waals surface area contributed by atoms with Gasteiger partial charge in [-0.3, -0.25) is 9.59 Å². The summed E-state index contributed by atoms with van der Waals surface area (Å²) in [5, 5.41) is 3.40. The van der Waals surface area contributed by atoms with Crippen LogP contribution in [-0.4, -0.2) is 43.0 Å². The molecular formula is C16H21ClN2O3. The fourth-order valence-corrected chi connectivity index (χ4v) is 2.69. The minimum absolute atomic E-state index is 0.0515. The Labute approximate surface area is 135 Å². The lowest BCUT2D eigenvalue weighted by Gasteiger charge is -2.28. The van der Waals surface area contributed by atoms with E-state index in [1.165, 1.54) is 4.90 Å². The number of ether oxygens (including phenoxy) is 1. The lowest BCUT2D eigenvalue weighted by atomic mass is 9.95. The molecule has 0 aliphatic carbocycles. The first-order valence-corrected chi connectivity index (χ1v) is 7.70. The highest BCUT2D eigenvalue weighted by atomic mass is 35.5. The van der Waals surface area contributed by atoms with Crippen molar-refractivity contribution in [2.45, 2.75) is 26.3 Å². The zero-order valence-electron chi connectivity index (χ0n) is 13.1. The summed E-state index contributed by atoms with van der Waals surface area (Å²) in [6, 6.07) is 5.47. The zero-order valence-corrected chi connectivity index (χ0v) is 13.8. The predicted molar refractivity (Wildman–Crippen MR) is 85.1 cm³/mol. The molecule has 0 radical (unpaired) electrons. The molecule has 1 aliphatic rings. The van der Waals surface area contributed by atoms with Crippen molar-refractivity contribution in [2.24, 2.45) is 5.92 Å². The summed E-state index contributed by atoms with van der Waals surface area (Å²) in [5.41, 5.74) is 0.928. The van der Waals surface area contributed by atoms with Crippen molar-refractivity contribution in [3.05, 3.63) is 28.8 Å². The third-order valence-electron chi connectivity index (χ3n) is 3.48. The summed E-state index contributed by atoms with van der Waals surface area (Å²) < 4.78 is 5.63. The van der Waals surface area contributed by atoms with Crippen molar-refractivity contribution in [1.29, 1.82) is 0 Å². The van der Waals surface area contributed by atoms with E-state index < -0.39 is 0 Å². The van der Waals surface area contributed by atoms with Crippen LogP contribution in [0.15, 0.2) is 18.2 Å². The molecule has 1 aliphatic heterocycles. The number of hydrogen-bond donors (Lipinski definition) is 1. The minimum atomic E-state index is -0.289. The molecule has 0 bridgehead atoms. The van der Waals surface area contributed by atoms with Gasteiger partial charge in [0.15, 0.2) is 0 Å². The van der Waals surface area contributed by atoms with Gasteiger partial charge < -0.3 is 15.0 Å². The van der Waals surface area contributed by atoms with E-state index in [1.54, 1.807) is 13.1 Å². The summed E-state index contributed by atoms with van der Waals surface area (Å²) in [4.78, 5) is 25.6. The maximum absolute atomic E-state index is 12.4. The number of carbonyl (C=O) groups excluding carboxylic acids is 2. The number of rotatable bonds is 4. The first kappa shape index (κ1) is 16.6. The van der Waals surface area contributed by atoms with Crippen LogP contribution in [0.4, 0.5) is 0 Å². The molecule has 0 saturated heterocycles. The summed E-state index contributed by atoms with van der Waals surface area (Å²) in [7, 11) is 1.63. The standard InChI is InChI=1S/C16H21ClN2O3/c1-10(2)18-15(20)8-19(3)16(21)12-6-11-7-13(17)4-5-14(11)22-9-12/h4-5,7,10,12H,6,8-9H2,1-3H3,(H,18,20)/t12-/m1/s1. The average molecular weight is 325 g/mol. The van der Waals surface area contributed by atoms with Crippen LogP contribution >= 0.6 is 11.6 Å². The number of benzene rings is 1. The van der Waals surface area contributed by atoms with Gasteiger partial charge in [-0.15, -0.1) is 0 Å². The van der Waals surface area contributed by atoms with Crippen LogP contribution in [0.2, 0.25) is 5.02 Å². The Hall–Kier alpha value is -1.75. The smallest absolute Gasteiger partial charge is 0.239 e. The number of fused-ring (bicyclic) bond motifs is 1. The molecule has 22 heavy (non-hydrogen) atoms. The van der Waals surface area contributed by atoms with E-state index >= 15 is 0 Å². The Bertz CT molecular complexity index is 575. The highest BCUT2D eigenvalue weighted by Gasteiger charge is 2.29. The topological polar surface area (TPSA) is 58.6 Å². The van der Waals surface area contributed by atoms with Crippen molar-refractivity contribution in [1.82, 2.24) is 10.2 Å². The molecule has 5 nitrogen and oxygen atoms in total. The van der Waals surface area contributed by atoms with Gasteiger partial charge in [-0.2, -0.15) is 0 Å². The molecule has 6 heteroatoms. The van der Waals surface area contributed by atoms with Crippen LogP contribution in [0.1, 0.15) is 19.4 Å². The third kappa shape index (κ3) is 4.13. The number of likely N-dealkylation sites (N-methyl/N-ethyl adjacent to an activating group) is 1. The maximum Gasteiger partial charge on any atom is 0.239 e. The van der Waals surface area contributed by atoms with E-state index in [1.807, 2.05) is 26.0 Å². The van der Waals surface area contributed by atoms with Gasteiger partial charge in [-0.1, -0.05) is 11.6 Å². The van der Waals surface area contributed by atoms with Gasteiger partial charge >= 0.3 is 0 Å². The number of halogens is 1. The molecule has 0 aromatic heterocycles. The van der Waals surface area contributed by atoms with Gasteiger partial charge in [0.05, 0.1) is 12.5 Å². The van der Waals surface area contributed by atoms with Gasteiger partial charge in [0, 0.05) is 18.1 Å². The highest BCUT2D eigenvalue weighted by Crippen LogP contribution is 2.30. The van der Waals surface area contributed by atoms with Gasteiger partial charge in [0.1, 0.15) is 12.4 Å². The van der Waals surface area contributed by atoms with E-state index in [0.717, 1.165) is 11.3 Å². The van der Waals surface area contributed by atoms with Gasteiger partial charge in [0.2, 0.25) is 11.8 Å². The van der Waals surface area contributed by atoms with Crippen molar-refractivity contribution in [2.75, 3.05) is 20.2 Å². The monoisotopic (exact) mass is 324 g/mol. The number of amides is 2. The molecule has 0 spiro atoms. The van der Waals surface area contributed by atoms with Gasteiger partial charge in [0.25, 0.3) is 0 Å². The fourth-order valence-electron chi connectivity index (χ4n) is 2.49. The normalized spacial score (nSPS) is 16.7. The number of hydrogen-bond acceptors (Lipinski definition) is 3. The van der Waals surface area contributed by atoms with E-state index in [9.17, 15) is 9.59 Å². The number of nitrogens with one attached hydrogen (secondary N) is 1. The Balaban J connectivity index is 1.97. The predicted octanol–water partition coefficient (Wildman–Crippen LogP) is 1.87. The molecule has 1 N–H and O–H groups in total. The largest absolute Gasteiger partial charge is 0.492 e. The summed E-state index contributed by atoms with van der Waals surface area (Å²) in [6.45, 7) is 4.14. The molecular weight excluding hydrogens is 304 g/mol. The van der Waals surface area contributed by atoms with Crippen molar-refractivity contribution >= 4 is 23.4 Å². The van der Waals surface area contributed by atoms with Gasteiger partial charge in [-0.25, -0.2) is 0 Å². The molecule has 1 heterocycles. The molecule has 0 saturated carbocycles. The molecule has 1 aromatic carbocycles. The maximum atomic E-state index is 12.4. The fraction of sp³-hybridized carbons (Fsp3) is 0.500. The molecule has 2 amide bonds. The van der Waals surface area contributed by atoms with Crippen LogP contribution in [0, 0.1) is 5.92 Å². The Morgan fingerprint density at radius 2 is 2.18 bits per heavy atom.